The molecule has 28 heavy (non-hydrogen) atoms. The molecule has 0 aliphatic rings. The lowest BCUT2D eigenvalue weighted by atomic mass is 10.0. The molecular formula is C23H18N4S. The van der Waals surface area contributed by atoms with Crippen molar-refractivity contribution in [1.82, 2.24) is 9.55 Å². The number of rotatable bonds is 4. The van der Waals surface area contributed by atoms with Crippen LogP contribution in [-0.2, 0) is 6.54 Å². The molecule has 0 fully saturated rings. The average Bonchev–Trinajstić information content (AvgIpc) is 3.36. The number of amidine groups is 1. The first-order chi connectivity index (χ1) is 13.7. The molecule has 4 nitrogen and oxygen atoms in total. The largest absolute Gasteiger partial charge is 0.384 e. The van der Waals surface area contributed by atoms with Gasteiger partial charge in [-0.05, 0) is 28.5 Å². The van der Waals surface area contributed by atoms with Crippen molar-refractivity contribution in [2.75, 3.05) is 0 Å². The molecule has 0 saturated carbocycles. The van der Waals surface area contributed by atoms with Gasteiger partial charge in [0.05, 0.1) is 5.69 Å². The zero-order valence-electron chi connectivity index (χ0n) is 15.1. The Hall–Kier alpha value is -3.44. The maximum atomic E-state index is 7.81. The standard InChI is InChI=1S/C23H18N4S/c24-22(25)17-9-8-16-12-21(23-26-10-11-28-23)27(20(16)13-17)14-18-6-3-5-15-4-1-2-7-19(15)18/h1-13H,14H2,(H3,24,25). The third-order valence-corrected chi connectivity index (χ3v) is 5.87. The molecule has 0 saturated heterocycles. The van der Waals surface area contributed by atoms with Gasteiger partial charge < -0.3 is 10.3 Å². The molecule has 5 heteroatoms. The van der Waals surface area contributed by atoms with Gasteiger partial charge in [-0.1, -0.05) is 54.6 Å². The maximum Gasteiger partial charge on any atom is 0.139 e. The minimum atomic E-state index is 0.0793. The van der Waals surface area contributed by atoms with Crippen LogP contribution >= 0.6 is 11.3 Å². The van der Waals surface area contributed by atoms with Crippen molar-refractivity contribution >= 4 is 38.8 Å². The first-order valence-electron chi connectivity index (χ1n) is 9.05. The first kappa shape index (κ1) is 16.7. The highest BCUT2D eigenvalue weighted by molar-refractivity contribution is 7.13. The summed E-state index contributed by atoms with van der Waals surface area (Å²) >= 11 is 1.63. The fourth-order valence-corrected chi connectivity index (χ4v) is 4.38. The average molecular weight is 382 g/mol. The van der Waals surface area contributed by atoms with Gasteiger partial charge >= 0.3 is 0 Å². The van der Waals surface area contributed by atoms with Gasteiger partial charge in [0.25, 0.3) is 0 Å². The molecule has 3 aromatic carbocycles. The van der Waals surface area contributed by atoms with E-state index in [-0.39, 0.29) is 5.84 Å². The van der Waals surface area contributed by atoms with Gasteiger partial charge in [0.2, 0.25) is 0 Å². The van der Waals surface area contributed by atoms with Crippen LogP contribution in [0.5, 0.6) is 0 Å². The van der Waals surface area contributed by atoms with E-state index in [9.17, 15) is 0 Å². The van der Waals surface area contributed by atoms with Crippen LogP contribution in [0, 0.1) is 5.41 Å². The summed E-state index contributed by atoms with van der Waals surface area (Å²) in [7, 11) is 0. The molecule has 136 valence electrons. The molecule has 0 radical (unpaired) electrons. The van der Waals surface area contributed by atoms with Crippen molar-refractivity contribution in [3.8, 4) is 10.7 Å². The number of aromatic nitrogens is 2. The monoisotopic (exact) mass is 382 g/mol. The minimum absolute atomic E-state index is 0.0793. The molecule has 0 aliphatic heterocycles. The lowest BCUT2D eigenvalue weighted by molar-refractivity contribution is 0.850. The van der Waals surface area contributed by atoms with E-state index in [1.165, 1.54) is 16.3 Å². The van der Waals surface area contributed by atoms with Crippen LogP contribution in [0.2, 0.25) is 0 Å². The van der Waals surface area contributed by atoms with Crippen LogP contribution in [-0.4, -0.2) is 15.4 Å². The summed E-state index contributed by atoms with van der Waals surface area (Å²) in [4.78, 5) is 4.53. The lowest BCUT2D eigenvalue weighted by Crippen LogP contribution is -2.11. The number of nitrogens with one attached hydrogen (secondary N) is 1. The first-order valence-corrected chi connectivity index (χ1v) is 9.93. The van der Waals surface area contributed by atoms with Gasteiger partial charge in [-0.15, -0.1) is 11.3 Å². The third kappa shape index (κ3) is 2.77. The molecule has 2 heterocycles. The Bertz CT molecular complexity index is 1310. The normalized spacial score (nSPS) is 11.3. The number of nitrogens with zero attached hydrogens (tertiary/aromatic N) is 2. The van der Waals surface area contributed by atoms with Gasteiger partial charge in [0, 0.05) is 34.6 Å². The van der Waals surface area contributed by atoms with E-state index < -0.39 is 0 Å². The molecule has 0 spiro atoms. The zero-order valence-corrected chi connectivity index (χ0v) is 15.9. The Morgan fingerprint density at radius 1 is 1.00 bits per heavy atom. The molecule has 0 bridgehead atoms. The third-order valence-electron chi connectivity index (χ3n) is 5.08. The number of hydrogen-bond acceptors (Lipinski definition) is 3. The van der Waals surface area contributed by atoms with E-state index in [0.29, 0.717) is 0 Å². The number of nitrogen functional groups attached to an aromatic ring is 1. The highest BCUT2D eigenvalue weighted by Crippen LogP contribution is 2.32. The van der Waals surface area contributed by atoms with E-state index in [2.05, 4.69) is 58.1 Å². The second kappa shape index (κ2) is 6.62. The molecular weight excluding hydrogens is 364 g/mol. The number of fused-ring (bicyclic) bond motifs is 2. The molecule has 0 unspecified atom stereocenters. The number of hydrogen-bond donors (Lipinski definition) is 2. The number of thiazole rings is 1. The summed E-state index contributed by atoms with van der Waals surface area (Å²) in [5.41, 5.74) is 9.87. The maximum absolute atomic E-state index is 7.81. The van der Waals surface area contributed by atoms with E-state index in [1.54, 1.807) is 11.3 Å². The predicted octanol–water partition coefficient (Wildman–Crippen LogP) is 5.25. The van der Waals surface area contributed by atoms with Crippen molar-refractivity contribution in [2.45, 2.75) is 6.54 Å². The van der Waals surface area contributed by atoms with Crippen LogP contribution in [0.1, 0.15) is 11.1 Å². The molecule has 5 aromatic rings. The Balaban J connectivity index is 1.75. The van der Waals surface area contributed by atoms with Gasteiger partial charge in [0.1, 0.15) is 10.8 Å². The molecule has 0 amide bonds. The lowest BCUT2D eigenvalue weighted by Gasteiger charge is -2.13. The van der Waals surface area contributed by atoms with Crippen LogP contribution in [0.3, 0.4) is 0 Å². The predicted molar refractivity (Wildman–Crippen MR) is 117 cm³/mol. The summed E-state index contributed by atoms with van der Waals surface area (Å²) in [6.07, 6.45) is 1.83. The Kier molecular flexibility index (Phi) is 3.95. The summed E-state index contributed by atoms with van der Waals surface area (Å²) in [6.45, 7) is 0.723. The highest BCUT2D eigenvalue weighted by atomic mass is 32.1. The molecule has 3 N–H and O–H groups in total. The van der Waals surface area contributed by atoms with E-state index >= 15 is 0 Å². The smallest absolute Gasteiger partial charge is 0.139 e. The van der Waals surface area contributed by atoms with Crippen molar-refractivity contribution in [2.24, 2.45) is 5.73 Å². The van der Waals surface area contributed by atoms with Gasteiger partial charge in [-0.3, -0.25) is 5.41 Å². The summed E-state index contributed by atoms with van der Waals surface area (Å²) in [5, 5.41) is 14.4. The van der Waals surface area contributed by atoms with E-state index in [4.69, 9.17) is 11.1 Å². The Morgan fingerprint density at radius 3 is 2.68 bits per heavy atom. The van der Waals surface area contributed by atoms with Crippen molar-refractivity contribution in [1.29, 1.82) is 5.41 Å². The summed E-state index contributed by atoms with van der Waals surface area (Å²) in [6, 6.07) is 23.0. The van der Waals surface area contributed by atoms with Crippen LogP contribution in [0.4, 0.5) is 0 Å². The zero-order chi connectivity index (χ0) is 19.1. The van der Waals surface area contributed by atoms with Gasteiger partial charge in [-0.25, -0.2) is 4.98 Å². The van der Waals surface area contributed by atoms with Gasteiger partial charge in [0.15, 0.2) is 0 Å². The minimum Gasteiger partial charge on any atom is -0.384 e. The van der Waals surface area contributed by atoms with E-state index in [1.807, 2.05) is 29.8 Å². The number of benzene rings is 3. The second-order valence-corrected chi connectivity index (χ2v) is 7.67. The van der Waals surface area contributed by atoms with Crippen LogP contribution < -0.4 is 5.73 Å². The van der Waals surface area contributed by atoms with Crippen molar-refractivity contribution in [3.63, 3.8) is 0 Å². The molecule has 0 atom stereocenters. The van der Waals surface area contributed by atoms with Crippen molar-refractivity contribution in [3.05, 3.63) is 89.4 Å². The van der Waals surface area contributed by atoms with Crippen LogP contribution in [0.25, 0.3) is 32.4 Å². The Labute approximate surface area is 166 Å². The fourth-order valence-electron chi connectivity index (χ4n) is 3.72. The molecule has 5 rings (SSSR count). The van der Waals surface area contributed by atoms with Gasteiger partial charge in [-0.2, -0.15) is 0 Å². The van der Waals surface area contributed by atoms with Crippen molar-refractivity contribution < 1.29 is 0 Å². The highest BCUT2D eigenvalue weighted by Gasteiger charge is 2.15. The molecule has 2 aromatic heterocycles. The molecule has 0 aliphatic carbocycles. The quantitative estimate of drug-likeness (QED) is 0.329. The topological polar surface area (TPSA) is 67.7 Å². The fraction of sp³-hybridized carbons (Fsp3) is 0.0435. The SMILES string of the molecule is N=C(N)c1ccc2cc(-c3nccs3)n(Cc3cccc4ccccc34)c2c1. The second-order valence-electron chi connectivity index (χ2n) is 6.78. The summed E-state index contributed by atoms with van der Waals surface area (Å²) in [5.74, 6) is 0.0793. The number of nitrogens with two attached hydrogens (primary N) is 1. The Morgan fingerprint density at radius 2 is 1.86 bits per heavy atom. The summed E-state index contributed by atoms with van der Waals surface area (Å²) < 4.78 is 2.28. The van der Waals surface area contributed by atoms with Crippen LogP contribution in [0.15, 0.2) is 78.3 Å². The van der Waals surface area contributed by atoms with E-state index in [0.717, 1.165) is 33.7 Å².